The summed E-state index contributed by atoms with van der Waals surface area (Å²) in [5.74, 6) is 0. The first-order valence-corrected chi connectivity index (χ1v) is 2.88. The molecule has 0 radical (unpaired) electrons. The van der Waals surface area contributed by atoms with Crippen molar-refractivity contribution in [3.8, 4) is 0 Å². The van der Waals surface area contributed by atoms with Gasteiger partial charge in [0.2, 0.25) is 0 Å². The van der Waals surface area contributed by atoms with Crippen molar-refractivity contribution in [2.45, 2.75) is 6.42 Å². The van der Waals surface area contributed by atoms with Crippen molar-refractivity contribution >= 4 is 6.72 Å². The second-order valence-electron chi connectivity index (χ2n) is 1.62. The Hall–Kier alpha value is -0.830. The molecule has 0 aromatic carbocycles. The van der Waals surface area contributed by atoms with E-state index in [2.05, 4.69) is 17.0 Å². The number of nitrogens with one attached hydrogen (secondary N) is 1. The molecule has 0 aromatic heterocycles. The Morgan fingerprint density at radius 1 is 1.89 bits per heavy atom. The van der Waals surface area contributed by atoms with Gasteiger partial charge in [-0.05, 0) is 13.3 Å². The molecule has 0 unspecified atom stereocenters. The summed E-state index contributed by atoms with van der Waals surface area (Å²) in [6.45, 7) is 4.00. The van der Waals surface area contributed by atoms with Gasteiger partial charge in [-0.25, -0.2) is 0 Å². The van der Waals surface area contributed by atoms with Crippen LogP contribution in [0.4, 0.5) is 0 Å². The molecule has 0 atom stereocenters. The Kier molecular flexibility index (Phi) is 4.82. The van der Waals surface area contributed by atoms with E-state index in [1.807, 2.05) is 7.05 Å². The number of rotatable bonds is 4. The topological polar surface area (TPSA) is 50.4 Å². The van der Waals surface area contributed by atoms with E-state index < -0.39 is 0 Å². The van der Waals surface area contributed by atoms with E-state index in [1.54, 1.807) is 6.20 Å². The van der Waals surface area contributed by atoms with Gasteiger partial charge in [0.25, 0.3) is 0 Å². The van der Waals surface area contributed by atoms with Crippen LogP contribution in [0.25, 0.3) is 0 Å². The van der Waals surface area contributed by atoms with Gasteiger partial charge in [-0.2, -0.15) is 0 Å². The van der Waals surface area contributed by atoms with E-state index in [1.165, 1.54) is 0 Å². The first-order valence-electron chi connectivity index (χ1n) is 2.88. The van der Waals surface area contributed by atoms with Crippen LogP contribution in [0.1, 0.15) is 6.42 Å². The summed E-state index contributed by atoms with van der Waals surface area (Å²) < 4.78 is 0. The maximum absolute atomic E-state index is 5.28. The SMILES string of the molecule is C=N/C(=C\NC)CCN. The number of nitrogens with zero attached hydrogens (tertiary/aromatic N) is 1. The molecule has 3 nitrogen and oxygen atoms in total. The fourth-order valence-electron chi connectivity index (χ4n) is 0.511. The van der Waals surface area contributed by atoms with Crippen LogP contribution in [0.5, 0.6) is 0 Å². The molecule has 0 saturated heterocycles. The summed E-state index contributed by atoms with van der Waals surface area (Å²) in [7, 11) is 1.82. The minimum Gasteiger partial charge on any atom is -0.393 e. The molecule has 0 saturated carbocycles. The quantitative estimate of drug-likeness (QED) is 0.526. The van der Waals surface area contributed by atoms with Crippen molar-refractivity contribution in [3.63, 3.8) is 0 Å². The molecule has 3 heteroatoms. The minimum absolute atomic E-state index is 0.618. The highest BCUT2D eigenvalue weighted by Gasteiger charge is 1.87. The van der Waals surface area contributed by atoms with Gasteiger partial charge in [0.05, 0.1) is 5.70 Å². The molecule has 0 heterocycles. The molecule has 0 rings (SSSR count). The molecule has 9 heavy (non-hydrogen) atoms. The van der Waals surface area contributed by atoms with Crippen LogP contribution in [0.15, 0.2) is 16.9 Å². The molecular formula is C6H13N3. The maximum Gasteiger partial charge on any atom is 0.0565 e. The number of hydrogen-bond donors (Lipinski definition) is 2. The Morgan fingerprint density at radius 2 is 2.56 bits per heavy atom. The van der Waals surface area contributed by atoms with E-state index in [0.29, 0.717) is 6.54 Å². The van der Waals surface area contributed by atoms with Crippen molar-refractivity contribution < 1.29 is 0 Å². The lowest BCUT2D eigenvalue weighted by Crippen LogP contribution is -2.02. The molecule has 0 aromatic rings. The summed E-state index contributed by atoms with van der Waals surface area (Å²) in [6.07, 6.45) is 2.57. The van der Waals surface area contributed by atoms with E-state index in [9.17, 15) is 0 Å². The van der Waals surface area contributed by atoms with Crippen LogP contribution < -0.4 is 11.1 Å². The normalized spacial score (nSPS) is 11.1. The molecule has 0 bridgehead atoms. The highest BCUT2D eigenvalue weighted by Crippen LogP contribution is 1.96. The first kappa shape index (κ1) is 8.17. The first-order chi connectivity index (χ1) is 4.35. The van der Waals surface area contributed by atoms with Gasteiger partial charge in [-0.3, -0.25) is 4.99 Å². The molecule has 0 spiro atoms. The molecule has 0 aliphatic rings. The van der Waals surface area contributed by atoms with E-state index in [0.717, 1.165) is 12.1 Å². The average Bonchev–Trinajstić information content (AvgIpc) is 1.88. The highest BCUT2D eigenvalue weighted by atomic mass is 14.8. The fraction of sp³-hybridized carbons (Fsp3) is 0.500. The zero-order valence-corrected chi connectivity index (χ0v) is 5.72. The van der Waals surface area contributed by atoms with Crippen LogP contribution >= 0.6 is 0 Å². The lowest BCUT2D eigenvalue weighted by molar-refractivity contribution is 0.913. The number of hydrogen-bond acceptors (Lipinski definition) is 3. The Bertz CT molecular complexity index is 107. The van der Waals surface area contributed by atoms with Crippen molar-refractivity contribution in [2.24, 2.45) is 10.7 Å². The number of nitrogens with two attached hydrogens (primary N) is 1. The molecule has 3 N–H and O–H groups in total. The van der Waals surface area contributed by atoms with Crippen molar-refractivity contribution in [1.82, 2.24) is 5.32 Å². The average molecular weight is 127 g/mol. The van der Waals surface area contributed by atoms with E-state index in [-0.39, 0.29) is 0 Å². The standard InChI is InChI=1S/C6H13N3/c1-8-5-6(9-2)3-4-7/h5,8H,2-4,7H2,1H3/b6-5-. The summed E-state index contributed by atoms with van der Waals surface area (Å²) >= 11 is 0. The van der Waals surface area contributed by atoms with Gasteiger partial charge >= 0.3 is 0 Å². The van der Waals surface area contributed by atoms with Gasteiger partial charge in [-0.1, -0.05) is 0 Å². The second-order valence-corrected chi connectivity index (χ2v) is 1.62. The Labute approximate surface area is 55.7 Å². The van der Waals surface area contributed by atoms with Crippen LogP contribution in [0, 0.1) is 0 Å². The molecular weight excluding hydrogens is 114 g/mol. The van der Waals surface area contributed by atoms with Gasteiger partial charge < -0.3 is 11.1 Å². The van der Waals surface area contributed by atoms with Crippen LogP contribution in [-0.4, -0.2) is 20.3 Å². The smallest absolute Gasteiger partial charge is 0.0565 e. The third kappa shape index (κ3) is 3.73. The van der Waals surface area contributed by atoms with Crippen LogP contribution in [0.2, 0.25) is 0 Å². The number of aliphatic imine (C=N–C) groups is 1. The lowest BCUT2D eigenvalue weighted by Gasteiger charge is -1.95. The Morgan fingerprint density at radius 3 is 2.89 bits per heavy atom. The zero-order valence-electron chi connectivity index (χ0n) is 5.72. The summed E-state index contributed by atoms with van der Waals surface area (Å²) in [6, 6.07) is 0. The molecule has 52 valence electrons. The molecule has 0 fully saturated rings. The zero-order chi connectivity index (χ0) is 7.11. The van der Waals surface area contributed by atoms with Crippen molar-refractivity contribution in [3.05, 3.63) is 11.9 Å². The monoisotopic (exact) mass is 127 g/mol. The minimum atomic E-state index is 0.618. The summed E-state index contributed by atoms with van der Waals surface area (Å²) in [5.41, 5.74) is 6.18. The predicted molar refractivity (Wildman–Crippen MR) is 40.4 cm³/mol. The molecule has 0 aliphatic heterocycles. The summed E-state index contributed by atoms with van der Waals surface area (Å²) in [5, 5.41) is 2.85. The second kappa shape index (κ2) is 5.31. The van der Waals surface area contributed by atoms with Gasteiger partial charge in [0.15, 0.2) is 0 Å². The molecule has 0 aliphatic carbocycles. The molecule has 0 amide bonds. The highest BCUT2D eigenvalue weighted by molar-refractivity contribution is 5.28. The van der Waals surface area contributed by atoms with E-state index in [4.69, 9.17) is 5.73 Å². The van der Waals surface area contributed by atoms with Crippen LogP contribution in [-0.2, 0) is 0 Å². The maximum atomic E-state index is 5.28. The van der Waals surface area contributed by atoms with Crippen molar-refractivity contribution in [1.29, 1.82) is 0 Å². The van der Waals surface area contributed by atoms with Crippen molar-refractivity contribution in [2.75, 3.05) is 13.6 Å². The third-order valence-electron chi connectivity index (χ3n) is 0.915. The predicted octanol–water partition coefficient (Wildman–Crippen LogP) is 0.0966. The fourth-order valence-corrected chi connectivity index (χ4v) is 0.511. The lowest BCUT2D eigenvalue weighted by atomic mass is 10.3. The van der Waals surface area contributed by atoms with Gasteiger partial charge in [0.1, 0.15) is 0 Å². The third-order valence-corrected chi connectivity index (χ3v) is 0.915. The summed E-state index contributed by atoms with van der Waals surface area (Å²) in [4.78, 5) is 3.74. The largest absolute Gasteiger partial charge is 0.393 e. The van der Waals surface area contributed by atoms with E-state index >= 15 is 0 Å². The Balaban J connectivity index is 3.66. The van der Waals surface area contributed by atoms with Crippen LogP contribution in [0.3, 0.4) is 0 Å². The van der Waals surface area contributed by atoms with Gasteiger partial charge in [-0.15, -0.1) is 0 Å². The van der Waals surface area contributed by atoms with Gasteiger partial charge in [0, 0.05) is 19.7 Å².